The molecule has 2 nitrogen and oxygen atoms in total. The van der Waals surface area contributed by atoms with Gasteiger partial charge in [0.25, 0.3) is 0 Å². The number of hydrogen-bond donors (Lipinski definition) is 2. The number of piperazine rings is 1. The lowest BCUT2D eigenvalue weighted by Gasteiger charge is -2.36. The summed E-state index contributed by atoms with van der Waals surface area (Å²) >= 11 is 5.97. The summed E-state index contributed by atoms with van der Waals surface area (Å²) < 4.78 is 0. The van der Waals surface area contributed by atoms with Gasteiger partial charge in [0.1, 0.15) is 32.7 Å². The molecule has 1 aromatic carbocycles. The molecule has 0 spiro atoms. The van der Waals surface area contributed by atoms with Crippen LogP contribution in [0, 0.1) is 11.8 Å². The molecule has 0 unspecified atom stereocenters. The van der Waals surface area contributed by atoms with E-state index >= 15 is 0 Å². The highest BCUT2D eigenvalue weighted by atomic mass is 35.5. The van der Waals surface area contributed by atoms with Crippen molar-refractivity contribution in [1.29, 1.82) is 0 Å². The number of nitrogens with one attached hydrogen (secondary N) is 2. The van der Waals surface area contributed by atoms with E-state index in [9.17, 15) is 0 Å². The molecule has 114 valence electrons. The standard InChI is InChI=1S/C18H25ClN2/c19-17-5-2-14(3-6-17)13-20-7-9-21(10-8-20)18-12-15-1-4-16(18)11-15/h2-3,5-6,15-16,18H,1,4,7-13H2/p+2/t15-,16+,18-/m0/s1. The van der Waals surface area contributed by atoms with Gasteiger partial charge in [-0.3, -0.25) is 0 Å². The fraction of sp³-hybridized carbons (Fsp3) is 0.667. The Bertz CT molecular complexity index is 478. The van der Waals surface area contributed by atoms with Crippen molar-refractivity contribution in [3.8, 4) is 0 Å². The molecule has 3 heteroatoms. The number of halogens is 1. The molecule has 1 aromatic rings. The van der Waals surface area contributed by atoms with Crippen LogP contribution in [-0.4, -0.2) is 32.2 Å². The Morgan fingerprint density at radius 2 is 1.71 bits per heavy atom. The van der Waals surface area contributed by atoms with Crippen molar-refractivity contribution in [2.75, 3.05) is 26.2 Å². The summed E-state index contributed by atoms with van der Waals surface area (Å²) in [7, 11) is 0. The predicted molar refractivity (Wildman–Crippen MR) is 85.8 cm³/mol. The van der Waals surface area contributed by atoms with E-state index in [1.807, 2.05) is 17.0 Å². The van der Waals surface area contributed by atoms with Crippen LogP contribution in [0.5, 0.6) is 0 Å². The van der Waals surface area contributed by atoms with Crippen LogP contribution in [0.1, 0.15) is 31.2 Å². The Labute approximate surface area is 133 Å². The van der Waals surface area contributed by atoms with E-state index in [4.69, 9.17) is 11.6 Å². The van der Waals surface area contributed by atoms with E-state index in [-0.39, 0.29) is 0 Å². The van der Waals surface area contributed by atoms with Crippen LogP contribution in [-0.2, 0) is 6.54 Å². The number of hydrogen-bond acceptors (Lipinski definition) is 0. The van der Waals surface area contributed by atoms with Gasteiger partial charge < -0.3 is 9.80 Å². The highest BCUT2D eigenvalue weighted by Gasteiger charge is 2.45. The van der Waals surface area contributed by atoms with Crippen molar-refractivity contribution < 1.29 is 9.80 Å². The molecule has 0 amide bonds. The van der Waals surface area contributed by atoms with Crippen LogP contribution in [0.2, 0.25) is 5.02 Å². The third-order valence-corrected chi connectivity index (χ3v) is 6.48. The molecule has 0 aromatic heterocycles. The van der Waals surface area contributed by atoms with E-state index in [2.05, 4.69) is 12.1 Å². The van der Waals surface area contributed by atoms with Gasteiger partial charge in [-0.15, -0.1) is 0 Å². The lowest BCUT2D eigenvalue weighted by Crippen LogP contribution is -3.29. The molecule has 3 fully saturated rings. The number of quaternary nitrogens is 2. The SMILES string of the molecule is Clc1ccc(C[NH+]2CC[NH+]([C@H]3C[C@H]4CC[C@@H]3C4)CC2)cc1. The van der Waals surface area contributed by atoms with Gasteiger partial charge in [0.15, 0.2) is 0 Å². The van der Waals surface area contributed by atoms with Crippen LogP contribution in [0.25, 0.3) is 0 Å². The Hall–Kier alpha value is -0.570. The van der Waals surface area contributed by atoms with E-state index in [0.717, 1.165) is 22.9 Å². The molecule has 2 N–H and O–H groups in total. The molecule has 2 saturated carbocycles. The van der Waals surface area contributed by atoms with Crippen molar-refractivity contribution in [3.05, 3.63) is 34.9 Å². The molecule has 3 aliphatic rings. The quantitative estimate of drug-likeness (QED) is 0.818. The Kier molecular flexibility index (Phi) is 3.95. The smallest absolute Gasteiger partial charge is 0.127 e. The highest BCUT2D eigenvalue weighted by Crippen LogP contribution is 2.43. The van der Waals surface area contributed by atoms with Gasteiger partial charge in [0.2, 0.25) is 0 Å². The lowest BCUT2D eigenvalue weighted by molar-refractivity contribution is -1.03. The Morgan fingerprint density at radius 3 is 2.33 bits per heavy atom. The summed E-state index contributed by atoms with van der Waals surface area (Å²) in [5, 5.41) is 0.847. The second kappa shape index (κ2) is 5.91. The Balaban J connectivity index is 1.29. The van der Waals surface area contributed by atoms with E-state index in [0.29, 0.717) is 0 Å². The maximum Gasteiger partial charge on any atom is 0.127 e. The van der Waals surface area contributed by atoms with Gasteiger partial charge in [-0.05, 0) is 37.3 Å². The summed E-state index contributed by atoms with van der Waals surface area (Å²) in [6.45, 7) is 6.62. The highest BCUT2D eigenvalue weighted by molar-refractivity contribution is 6.30. The van der Waals surface area contributed by atoms with Crippen molar-refractivity contribution in [1.82, 2.24) is 0 Å². The number of benzene rings is 1. The van der Waals surface area contributed by atoms with Gasteiger partial charge in [-0.1, -0.05) is 23.7 Å². The first-order chi connectivity index (χ1) is 10.3. The zero-order valence-electron chi connectivity index (χ0n) is 12.8. The third-order valence-electron chi connectivity index (χ3n) is 6.23. The minimum Gasteiger partial charge on any atom is -0.323 e. The summed E-state index contributed by atoms with van der Waals surface area (Å²) in [5.41, 5.74) is 1.43. The molecule has 1 aliphatic heterocycles. The minimum atomic E-state index is 0.847. The van der Waals surface area contributed by atoms with Crippen LogP contribution >= 0.6 is 11.6 Å². The number of fused-ring (bicyclic) bond motifs is 2. The zero-order valence-corrected chi connectivity index (χ0v) is 13.5. The summed E-state index contributed by atoms with van der Waals surface area (Å²) in [6.07, 6.45) is 6.14. The first kappa shape index (κ1) is 14.0. The molecular formula is C18H27ClN2+2. The van der Waals surface area contributed by atoms with Crippen molar-refractivity contribution >= 4 is 11.6 Å². The second-order valence-corrected chi connectivity index (χ2v) is 7.93. The van der Waals surface area contributed by atoms with E-state index < -0.39 is 0 Å². The van der Waals surface area contributed by atoms with Crippen molar-refractivity contribution in [3.63, 3.8) is 0 Å². The molecule has 2 aliphatic carbocycles. The summed E-state index contributed by atoms with van der Waals surface area (Å²) in [5.74, 6) is 2.16. The third kappa shape index (κ3) is 2.99. The van der Waals surface area contributed by atoms with E-state index in [1.165, 1.54) is 57.5 Å². The van der Waals surface area contributed by atoms with Crippen LogP contribution in [0.15, 0.2) is 24.3 Å². The molecular weight excluding hydrogens is 280 g/mol. The predicted octanol–water partition coefficient (Wildman–Crippen LogP) is 0.812. The average molecular weight is 307 g/mol. The first-order valence-electron chi connectivity index (χ1n) is 8.70. The van der Waals surface area contributed by atoms with Gasteiger partial charge in [-0.2, -0.15) is 0 Å². The molecule has 0 radical (unpaired) electrons. The van der Waals surface area contributed by atoms with Crippen LogP contribution in [0.4, 0.5) is 0 Å². The summed E-state index contributed by atoms with van der Waals surface area (Å²) in [4.78, 5) is 3.69. The molecule has 1 heterocycles. The lowest BCUT2D eigenvalue weighted by atomic mass is 9.93. The van der Waals surface area contributed by atoms with E-state index in [1.54, 1.807) is 11.3 Å². The molecule has 21 heavy (non-hydrogen) atoms. The largest absolute Gasteiger partial charge is 0.323 e. The fourth-order valence-electron chi connectivity index (χ4n) is 5.11. The molecule has 2 bridgehead atoms. The van der Waals surface area contributed by atoms with Crippen molar-refractivity contribution in [2.45, 2.75) is 38.3 Å². The topological polar surface area (TPSA) is 8.88 Å². The van der Waals surface area contributed by atoms with Gasteiger partial charge in [0, 0.05) is 22.9 Å². The molecule has 4 rings (SSSR count). The van der Waals surface area contributed by atoms with Gasteiger partial charge in [0.05, 0.1) is 6.04 Å². The zero-order chi connectivity index (χ0) is 14.2. The Morgan fingerprint density at radius 1 is 0.952 bits per heavy atom. The van der Waals surface area contributed by atoms with Gasteiger partial charge in [-0.25, -0.2) is 0 Å². The van der Waals surface area contributed by atoms with Crippen LogP contribution < -0.4 is 9.80 Å². The average Bonchev–Trinajstić information content (AvgIpc) is 3.13. The normalized spacial score (nSPS) is 38.8. The monoisotopic (exact) mass is 306 g/mol. The molecule has 3 atom stereocenters. The maximum atomic E-state index is 5.97. The second-order valence-electron chi connectivity index (χ2n) is 7.49. The van der Waals surface area contributed by atoms with Gasteiger partial charge >= 0.3 is 0 Å². The number of rotatable bonds is 3. The van der Waals surface area contributed by atoms with Crippen molar-refractivity contribution in [2.24, 2.45) is 11.8 Å². The summed E-state index contributed by atoms with van der Waals surface area (Å²) in [6, 6.07) is 9.43. The molecule has 1 saturated heterocycles. The minimum absolute atomic E-state index is 0.847. The van der Waals surface area contributed by atoms with Crippen LogP contribution in [0.3, 0.4) is 0 Å². The fourth-order valence-corrected chi connectivity index (χ4v) is 5.23. The first-order valence-corrected chi connectivity index (χ1v) is 9.08. The maximum absolute atomic E-state index is 5.97.